The molecule has 1 amide bonds. The van der Waals surface area contributed by atoms with E-state index < -0.39 is 18.0 Å². The van der Waals surface area contributed by atoms with Gasteiger partial charge in [0, 0.05) is 11.7 Å². The molecule has 1 aromatic carbocycles. The van der Waals surface area contributed by atoms with Crippen molar-refractivity contribution >= 4 is 23.4 Å². The van der Waals surface area contributed by atoms with Gasteiger partial charge < -0.3 is 21.1 Å². The first-order chi connectivity index (χ1) is 13.4. The van der Waals surface area contributed by atoms with Gasteiger partial charge in [0.05, 0.1) is 11.6 Å². The van der Waals surface area contributed by atoms with Crippen molar-refractivity contribution in [1.82, 2.24) is 10.3 Å². The number of nitriles is 1. The van der Waals surface area contributed by atoms with Crippen LogP contribution >= 0.6 is 0 Å². The minimum Gasteiger partial charge on any atom is -0.465 e. The van der Waals surface area contributed by atoms with E-state index in [1.807, 2.05) is 37.3 Å². The first-order valence-electron chi connectivity index (χ1n) is 9.07. The minimum atomic E-state index is -1.13. The number of pyridine rings is 1. The maximum Gasteiger partial charge on any atom is 0.404 e. The number of nitrogens with zero attached hydrogens (tertiary/aromatic N) is 2. The molecule has 28 heavy (non-hydrogen) atoms. The minimum absolute atomic E-state index is 0.00917. The molecule has 146 valence electrons. The van der Waals surface area contributed by atoms with Crippen LogP contribution in [0.1, 0.15) is 30.9 Å². The molecular weight excluding hydrogens is 361 g/mol. The topological polar surface area (TPSA) is 110 Å². The van der Waals surface area contributed by atoms with E-state index in [0.717, 1.165) is 30.2 Å². The molecule has 0 saturated heterocycles. The van der Waals surface area contributed by atoms with Crippen molar-refractivity contribution in [3.8, 4) is 6.07 Å². The Morgan fingerprint density at radius 1 is 1.36 bits per heavy atom. The number of anilines is 3. The van der Waals surface area contributed by atoms with Gasteiger partial charge in [-0.15, -0.1) is 0 Å². The van der Waals surface area contributed by atoms with Crippen LogP contribution in [0.5, 0.6) is 0 Å². The lowest BCUT2D eigenvalue weighted by molar-refractivity contribution is 0.188. The Morgan fingerprint density at radius 2 is 2.11 bits per heavy atom. The highest BCUT2D eigenvalue weighted by molar-refractivity contribution is 5.66. The quantitative estimate of drug-likeness (QED) is 0.575. The van der Waals surface area contributed by atoms with Gasteiger partial charge in [-0.2, -0.15) is 5.26 Å². The Hall–Kier alpha value is -3.34. The molecule has 0 aliphatic heterocycles. The monoisotopic (exact) mass is 383 g/mol. The number of hydrogen-bond donors (Lipinski definition) is 4. The summed E-state index contributed by atoms with van der Waals surface area (Å²) in [5.41, 5.74) is 1.86. The average molecular weight is 383 g/mol. The predicted molar refractivity (Wildman–Crippen MR) is 104 cm³/mol. The van der Waals surface area contributed by atoms with Gasteiger partial charge in [0.1, 0.15) is 6.07 Å². The van der Waals surface area contributed by atoms with Crippen LogP contribution in [0.2, 0.25) is 0 Å². The van der Waals surface area contributed by atoms with E-state index in [0.29, 0.717) is 0 Å². The fraction of sp³-hybridized carbons (Fsp3) is 0.350. The predicted octanol–water partition coefficient (Wildman–Crippen LogP) is 3.99. The molecule has 1 aromatic heterocycles. The van der Waals surface area contributed by atoms with E-state index in [4.69, 9.17) is 5.11 Å². The zero-order valence-corrected chi connectivity index (χ0v) is 15.7. The molecule has 7 nitrogen and oxygen atoms in total. The molecule has 3 rings (SSSR count). The van der Waals surface area contributed by atoms with Gasteiger partial charge in [0.25, 0.3) is 0 Å². The summed E-state index contributed by atoms with van der Waals surface area (Å²) in [4.78, 5) is 15.3. The SMILES string of the molecule is Cc1cccc(Nc2nc(N[C@@H](C3CC3)[C@H](C)NC(=O)O)c(F)cc2C#N)c1. The summed E-state index contributed by atoms with van der Waals surface area (Å²) in [5.74, 6) is -0.179. The fourth-order valence-electron chi connectivity index (χ4n) is 3.18. The zero-order chi connectivity index (χ0) is 20.3. The van der Waals surface area contributed by atoms with Crippen molar-refractivity contribution in [2.45, 2.75) is 38.8 Å². The molecule has 0 radical (unpaired) electrons. The number of carboxylic acid groups (broad SMARTS) is 1. The average Bonchev–Trinajstić information content (AvgIpc) is 3.46. The van der Waals surface area contributed by atoms with Crippen molar-refractivity contribution < 1.29 is 14.3 Å². The summed E-state index contributed by atoms with van der Waals surface area (Å²) in [6, 6.07) is 9.91. The molecule has 0 spiro atoms. The van der Waals surface area contributed by atoms with Gasteiger partial charge in [-0.1, -0.05) is 12.1 Å². The maximum absolute atomic E-state index is 14.5. The van der Waals surface area contributed by atoms with Crippen LogP contribution in [0, 0.1) is 30.0 Å². The van der Waals surface area contributed by atoms with Gasteiger partial charge in [0.15, 0.2) is 17.5 Å². The van der Waals surface area contributed by atoms with E-state index in [1.54, 1.807) is 6.92 Å². The van der Waals surface area contributed by atoms with E-state index >= 15 is 0 Å². The number of nitrogens with one attached hydrogen (secondary N) is 3. The summed E-state index contributed by atoms with van der Waals surface area (Å²) in [7, 11) is 0. The van der Waals surface area contributed by atoms with Gasteiger partial charge in [0.2, 0.25) is 0 Å². The molecule has 2 aromatic rings. The Morgan fingerprint density at radius 3 is 2.71 bits per heavy atom. The number of hydrogen-bond acceptors (Lipinski definition) is 5. The van der Waals surface area contributed by atoms with Crippen LogP contribution in [0.15, 0.2) is 30.3 Å². The molecule has 4 N–H and O–H groups in total. The maximum atomic E-state index is 14.5. The van der Waals surface area contributed by atoms with Crippen LogP contribution in [-0.4, -0.2) is 28.3 Å². The number of benzene rings is 1. The second-order valence-electron chi connectivity index (χ2n) is 7.07. The fourth-order valence-corrected chi connectivity index (χ4v) is 3.18. The van der Waals surface area contributed by atoms with Gasteiger partial charge in [-0.05, 0) is 56.4 Å². The Balaban J connectivity index is 1.88. The van der Waals surface area contributed by atoms with Crippen LogP contribution in [-0.2, 0) is 0 Å². The molecule has 2 atom stereocenters. The summed E-state index contributed by atoms with van der Waals surface area (Å²) in [6.45, 7) is 3.68. The third-order valence-electron chi connectivity index (χ3n) is 4.70. The van der Waals surface area contributed by atoms with Crippen LogP contribution in [0.4, 0.5) is 26.5 Å². The summed E-state index contributed by atoms with van der Waals surface area (Å²) < 4.78 is 14.5. The molecule has 1 aliphatic carbocycles. The van der Waals surface area contributed by atoms with E-state index in [-0.39, 0.29) is 29.2 Å². The summed E-state index contributed by atoms with van der Waals surface area (Å²) in [5, 5.41) is 26.8. The molecule has 1 saturated carbocycles. The molecule has 1 fully saturated rings. The second kappa shape index (κ2) is 8.13. The summed E-state index contributed by atoms with van der Waals surface area (Å²) >= 11 is 0. The van der Waals surface area contributed by atoms with Crippen molar-refractivity contribution in [2.75, 3.05) is 10.6 Å². The van der Waals surface area contributed by atoms with Gasteiger partial charge >= 0.3 is 6.09 Å². The first-order valence-corrected chi connectivity index (χ1v) is 9.07. The standard InChI is InChI=1S/C20H22FN5O2/c1-11-4-3-5-15(8-11)24-18-14(10-22)9-16(21)19(26-18)25-17(13-6-7-13)12(2)23-20(27)28/h3-5,8-9,12-13,17,23H,6-7H2,1-2H3,(H,27,28)(H2,24,25,26)/t12-,17+/m0/s1. The molecule has 0 unspecified atom stereocenters. The Kier molecular flexibility index (Phi) is 5.64. The molecule has 1 aliphatic rings. The van der Waals surface area contributed by atoms with Crippen molar-refractivity contribution in [3.05, 3.63) is 47.3 Å². The Labute approximate surface area is 162 Å². The van der Waals surface area contributed by atoms with Crippen molar-refractivity contribution in [2.24, 2.45) is 5.92 Å². The van der Waals surface area contributed by atoms with Crippen molar-refractivity contribution in [1.29, 1.82) is 5.26 Å². The van der Waals surface area contributed by atoms with E-state index in [2.05, 4.69) is 20.9 Å². The summed E-state index contributed by atoms with van der Waals surface area (Å²) in [6.07, 6.45) is 0.751. The number of aromatic nitrogens is 1. The normalized spacial score (nSPS) is 15.2. The van der Waals surface area contributed by atoms with Crippen LogP contribution in [0.25, 0.3) is 0 Å². The van der Waals surface area contributed by atoms with Crippen LogP contribution in [0.3, 0.4) is 0 Å². The molecule has 1 heterocycles. The number of aryl methyl sites for hydroxylation is 1. The largest absolute Gasteiger partial charge is 0.465 e. The molecule has 8 heteroatoms. The number of rotatable bonds is 7. The molecular formula is C20H22FN5O2. The highest BCUT2D eigenvalue weighted by Crippen LogP contribution is 2.36. The van der Waals surface area contributed by atoms with Crippen molar-refractivity contribution in [3.63, 3.8) is 0 Å². The van der Waals surface area contributed by atoms with Gasteiger partial charge in [-0.25, -0.2) is 14.2 Å². The third-order valence-corrected chi connectivity index (χ3v) is 4.70. The first kappa shape index (κ1) is 19.4. The lowest BCUT2D eigenvalue weighted by Crippen LogP contribution is -2.45. The van der Waals surface area contributed by atoms with E-state index in [1.165, 1.54) is 0 Å². The van der Waals surface area contributed by atoms with E-state index in [9.17, 15) is 14.4 Å². The number of amides is 1. The third kappa shape index (κ3) is 4.68. The highest BCUT2D eigenvalue weighted by atomic mass is 19.1. The Bertz CT molecular complexity index is 923. The number of carbonyl (C=O) groups is 1. The number of halogens is 1. The lowest BCUT2D eigenvalue weighted by Gasteiger charge is -2.26. The lowest BCUT2D eigenvalue weighted by atomic mass is 10.0. The smallest absolute Gasteiger partial charge is 0.404 e. The highest BCUT2D eigenvalue weighted by Gasteiger charge is 2.36. The van der Waals surface area contributed by atoms with Gasteiger partial charge in [-0.3, -0.25) is 0 Å². The zero-order valence-electron chi connectivity index (χ0n) is 15.7. The second-order valence-corrected chi connectivity index (χ2v) is 7.07. The van der Waals surface area contributed by atoms with Crippen LogP contribution < -0.4 is 16.0 Å². The molecule has 0 bridgehead atoms.